The standard InChI is InChI=1S/C18H20N2O5/c1-5-24-18(23)13-11(4)25-17(14(13)15(19)21)20-16(22)12-7-6-9(2)10(3)8-12/h6-8H,5H2,1-4H3,(H2,19,21)(H,20,22). The monoisotopic (exact) mass is 344 g/mol. The molecule has 1 heterocycles. The van der Waals surface area contributed by atoms with E-state index in [0.29, 0.717) is 5.56 Å². The van der Waals surface area contributed by atoms with E-state index in [9.17, 15) is 14.4 Å². The number of anilines is 1. The number of ether oxygens (including phenoxy) is 1. The van der Waals surface area contributed by atoms with Crippen molar-refractivity contribution < 1.29 is 23.5 Å². The third-order valence-electron chi connectivity index (χ3n) is 3.81. The molecule has 2 rings (SSSR count). The van der Waals surface area contributed by atoms with Crippen molar-refractivity contribution in [1.29, 1.82) is 0 Å². The maximum Gasteiger partial charge on any atom is 0.342 e. The van der Waals surface area contributed by atoms with Crippen molar-refractivity contribution in [2.24, 2.45) is 5.73 Å². The van der Waals surface area contributed by atoms with E-state index in [2.05, 4.69) is 5.32 Å². The quantitative estimate of drug-likeness (QED) is 0.810. The number of carbonyl (C=O) groups is 3. The fraction of sp³-hybridized carbons (Fsp3) is 0.278. The summed E-state index contributed by atoms with van der Waals surface area (Å²) in [7, 11) is 0. The van der Waals surface area contributed by atoms with Gasteiger partial charge >= 0.3 is 5.97 Å². The lowest BCUT2D eigenvalue weighted by atomic mass is 10.1. The summed E-state index contributed by atoms with van der Waals surface area (Å²) in [6, 6.07) is 5.19. The van der Waals surface area contributed by atoms with Crippen molar-refractivity contribution in [1.82, 2.24) is 0 Å². The van der Waals surface area contributed by atoms with E-state index in [1.165, 1.54) is 6.92 Å². The number of primary amides is 1. The van der Waals surface area contributed by atoms with E-state index in [0.717, 1.165) is 11.1 Å². The number of benzene rings is 1. The number of esters is 1. The third kappa shape index (κ3) is 3.71. The molecule has 0 saturated carbocycles. The van der Waals surface area contributed by atoms with Crippen molar-refractivity contribution in [3.8, 4) is 0 Å². The van der Waals surface area contributed by atoms with Gasteiger partial charge in [0.05, 0.1) is 6.61 Å². The smallest absolute Gasteiger partial charge is 0.342 e. The molecule has 7 heteroatoms. The molecule has 7 nitrogen and oxygen atoms in total. The molecule has 1 aromatic heterocycles. The first kappa shape index (κ1) is 18.3. The Labute approximate surface area is 145 Å². The molecule has 2 aromatic rings. The molecule has 132 valence electrons. The SMILES string of the molecule is CCOC(=O)c1c(C)oc(NC(=O)c2ccc(C)c(C)c2)c1C(N)=O. The lowest BCUT2D eigenvalue weighted by molar-refractivity contribution is 0.0521. The molecule has 0 aliphatic rings. The highest BCUT2D eigenvalue weighted by Crippen LogP contribution is 2.28. The molecule has 0 spiro atoms. The van der Waals surface area contributed by atoms with Crippen LogP contribution in [0.3, 0.4) is 0 Å². The van der Waals surface area contributed by atoms with Crippen LogP contribution in [0, 0.1) is 20.8 Å². The van der Waals surface area contributed by atoms with Crippen LogP contribution in [-0.2, 0) is 4.74 Å². The summed E-state index contributed by atoms with van der Waals surface area (Å²) in [6.45, 7) is 7.08. The zero-order valence-electron chi connectivity index (χ0n) is 14.6. The van der Waals surface area contributed by atoms with Crippen LogP contribution in [0.4, 0.5) is 5.88 Å². The van der Waals surface area contributed by atoms with Crippen molar-refractivity contribution in [3.05, 3.63) is 51.8 Å². The lowest BCUT2D eigenvalue weighted by Gasteiger charge is -2.06. The van der Waals surface area contributed by atoms with Gasteiger partial charge in [-0.1, -0.05) is 6.07 Å². The summed E-state index contributed by atoms with van der Waals surface area (Å²) in [5, 5.41) is 2.50. The first-order valence-corrected chi connectivity index (χ1v) is 7.75. The highest BCUT2D eigenvalue weighted by Gasteiger charge is 2.29. The van der Waals surface area contributed by atoms with Gasteiger partial charge in [0.1, 0.15) is 16.9 Å². The Kier molecular flexibility index (Phi) is 5.26. The Hall–Kier alpha value is -3.09. The average Bonchev–Trinajstić information content (AvgIpc) is 2.86. The second-order valence-electron chi connectivity index (χ2n) is 5.58. The fourth-order valence-electron chi connectivity index (χ4n) is 2.37. The van der Waals surface area contributed by atoms with Gasteiger partial charge in [-0.25, -0.2) is 4.79 Å². The van der Waals surface area contributed by atoms with E-state index in [1.54, 1.807) is 19.1 Å². The maximum atomic E-state index is 12.4. The van der Waals surface area contributed by atoms with Crippen LogP contribution >= 0.6 is 0 Å². The summed E-state index contributed by atoms with van der Waals surface area (Å²) in [6.07, 6.45) is 0. The number of amides is 2. The van der Waals surface area contributed by atoms with Gasteiger partial charge in [-0.05, 0) is 51.0 Å². The highest BCUT2D eigenvalue weighted by molar-refractivity contribution is 6.12. The predicted molar refractivity (Wildman–Crippen MR) is 91.8 cm³/mol. The summed E-state index contributed by atoms with van der Waals surface area (Å²) < 4.78 is 10.3. The van der Waals surface area contributed by atoms with Crippen LogP contribution in [-0.4, -0.2) is 24.4 Å². The van der Waals surface area contributed by atoms with Gasteiger partial charge in [0.15, 0.2) is 0 Å². The minimum atomic E-state index is -0.893. The zero-order chi connectivity index (χ0) is 18.7. The number of nitrogens with two attached hydrogens (primary N) is 1. The maximum absolute atomic E-state index is 12.4. The molecule has 0 fully saturated rings. The van der Waals surface area contributed by atoms with Crippen molar-refractivity contribution in [3.63, 3.8) is 0 Å². The molecule has 0 aliphatic heterocycles. The first-order chi connectivity index (χ1) is 11.8. The van der Waals surface area contributed by atoms with Gasteiger partial charge in [0.25, 0.3) is 11.8 Å². The zero-order valence-corrected chi connectivity index (χ0v) is 14.6. The van der Waals surface area contributed by atoms with Gasteiger partial charge in [0.2, 0.25) is 5.88 Å². The molecule has 2 amide bonds. The Morgan fingerprint density at radius 2 is 1.80 bits per heavy atom. The van der Waals surface area contributed by atoms with Gasteiger partial charge in [-0.2, -0.15) is 0 Å². The minimum Gasteiger partial charge on any atom is -0.462 e. The number of hydrogen-bond acceptors (Lipinski definition) is 5. The number of hydrogen-bond donors (Lipinski definition) is 2. The van der Waals surface area contributed by atoms with E-state index in [1.807, 2.05) is 19.9 Å². The topological polar surface area (TPSA) is 112 Å². The van der Waals surface area contributed by atoms with E-state index >= 15 is 0 Å². The third-order valence-corrected chi connectivity index (χ3v) is 3.81. The average molecular weight is 344 g/mol. The Morgan fingerprint density at radius 3 is 2.36 bits per heavy atom. The summed E-state index contributed by atoms with van der Waals surface area (Å²) in [4.78, 5) is 36.3. The molecule has 0 aliphatic carbocycles. The molecule has 0 atom stereocenters. The van der Waals surface area contributed by atoms with Crippen LogP contribution in [0.5, 0.6) is 0 Å². The Morgan fingerprint density at radius 1 is 1.12 bits per heavy atom. The van der Waals surface area contributed by atoms with E-state index in [-0.39, 0.29) is 29.4 Å². The molecular weight excluding hydrogens is 324 g/mol. The van der Waals surface area contributed by atoms with Gasteiger partial charge < -0.3 is 14.9 Å². The fourth-order valence-corrected chi connectivity index (χ4v) is 2.37. The summed E-state index contributed by atoms with van der Waals surface area (Å²) in [5.74, 6) is -2.13. The highest BCUT2D eigenvalue weighted by atomic mass is 16.5. The van der Waals surface area contributed by atoms with Crippen LogP contribution in [0.2, 0.25) is 0 Å². The Bertz CT molecular complexity index is 851. The Balaban J connectivity index is 2.40. The largest absolute Gasteiger partial charge is 0.462 e. The molecular formula is C18H20N2O5. The number of rotatable bonds is 5. The molecule has 0 saturated heterocycles. The number of carbonyl (C=O) groups excluding carboxylic acids is 3. The van der Waals surface area contributed by atoms with Crippen LogP contribution in [0.1, 0.15) is 54.9 Å². The summed E-state index contributed by atoms with van der Waals surface area (Å²) in [5.41, 5.74) is 7.48. The van der Waals surface area contributed by atoms with Crippen molar-refractivity contribution >= 4 is 23.7 Å². The first-order valence-electron chi connectivity index (χ1n) is 7.75. The van der Waals surface area contributed by atoms with Gasteiger partial charge in [0, 0.05) is 5.56 Å². The molecule has 3 N–H and O–H groups in total. The van der Waals surface area contributed by atoms with E-state index < -0.39 is 17.8 Å². The predicted octanol–water partition coefficient (Wildman–Crippen LogP) is 2.73. The van der Waals surface area contributed by atoms with Crippen molar-refractivity contribution in [2.75, 3.05) is 11.9 Å². The normalized spacial score (nSPS) is 10.4. The van der Waals surface area contributed by atoms with Gasteiger partial charge in [-0.3, -0.25) is 14.9 Å². The second kappa shape index (κ2) is 7.21. The van der Waals surface area contributed by atoms with Gasteiger partial charge in [-0.15, -0.1) is 0 Å². The van der Waals surface area contributed by atoms with Crippen molar-refractivity contribution in [2.45, 2.75) is 27.7 Å². The molecule has 0 unspecified atom stereocenters. The van der Waals surface area contributed by atoms with E-state index in [4.69, 9.17) is 14.9 Å². The van der Waals surface area contributed by atoms with Crippen LogP contribution < -0.4 is 11.1 Å². The van der Waals surface area contributed by atoms with Crippen LogP contribution in [0.15, 0.2) is 22.6 Å². The number of nitrogens with one attached hydrogen (secondary N) is 1. The number of aryl methyl sites for hydroxylation is 3. The van der Waals surface area contributed by atoms with Crippen LogP contribution in [0.25, 0.3) is 0 Å². The minimum absolute atomic E-state index is 0.0789. The molecule has 25 heavy (non-hydrogen) atoms. The number of furan rings is 1. The summed E-state index contributed by atoms with van der Waals surface area (Å²) >= 11 is 0. The molecule has 0 bridgehead atoms. The molecule has 0 radical (unpaired) electrons. The molecule has 1 aromatic carbocycles. The second-order valence-corrected chi connectivity index (χ2v) is 5.58. The lowest BCUT2D eigenvalue weighted by Crippen LogP contribution is -2.20.